The van der Waals surface area contributed by atoms with E-state index in [0.29, 0.717) is 11.6 Å². The van der Waals surface area contributed by atoms with Crippen molar-refractivity contribution in [2.45, 2.75) is 19.8 Å². The Labute approximate surface area is 87.0 Å². The summed E-state index contributed by atoms with van der Waals surface area (Å²) in [5.41, 5.74) is 0.660. The van der Waals surface area contributed by atoms with E-state index >= 15 is 0 Å². The molecule has 0 aliphatic rings. The average molecular weight is 204 g/mol. The van der Waals surface area contributed by atoms with Crippen molar-refractivity contribution in [3.63, 3.8) is 0 Å². The van der Waals surface area contributed by atoms with Crippen LogP contribution in [0.1, 0.15) is 19.0 Å². The molecule has 2 heterocycles. The minimum absolute atomic E-state index is 0.139. The molecule has 0 unspecified atom stereocenters. The Kier molecular flexibility index (Phi) is 2.67. The molecule has 0 fully saturated rings. The van der Waals surface area contributed by atoms with Gasteiger partial charge in [0.2, 0.25) is 0 Å². The van der Waals surface area contributed by atoms with Crippen LogP contribution in [0.4, 0.5) is 0 Å². The zero-order chi connectivity index (χ0) is 10.7. The molecule has 2 aromatic rings. The van der Waals surface area contributed by atoms with Gasteiger partial charge in [-0.25, -0.2) is 4.98 Å². The number of rotatable bonds is 3. The van der Waals surface area contributed by atoms with Crippen LogP contribution in [0.15, 0.2) is 33.7 Å². The van der Waals surface area contributed by atoms with Gasteiger partial charge in [-0.2, -0.15) is 0 Å². The topological polar surface area (TPSA) is 58.9 Å². The lowest BCUT2D eigenvalue weighted by Crippen LogP contribution is -2.10. The first kappa shape index (κ1) is 9.71. The summed E-state index contributed by atoms with van der Waals surface area (Å²) in [5, 5.41) is 0. The molecule has 0 saturated heterocycles. The Morgan fingerprint density at radius 2 is 2.40 bits per heavy atom. The first-order valence-electron chi connectivity index (χ1n) is 4.93. The lowest BCUT2D eigenvalue weighted by atomic mass is 10.2. The standard InChI is InChI=1S/C11H12N2O2/c1-2-4-8-7-10(14)13-11(12-8)9-5-3-6-15-9/h3,5-7H,2,4H2,1H3,(H,12,13,14). The van der Waals surface area contributed by atoms with Gasteiger partial charge < -0.3 is 9.40 Å². The molecule has 0 aliphatic heterocycles. The summed E-state index contributed by atoms with van der Waals surface area (Å²) in [6, 6.07) is 5.06. The Morgan fingerprint density at radius 3 is 3.07 bits per heavy atom. The van der Waals surface area contributed by atoms with E-state index in [1.807, 2.05) is 0 Å². The predicted molar refractivity (Wildman–Crippen MR) is 56.6 cm³/mol. The van der Waals surface area contributed by atoms with E-state index in [2.05, 4.69) is 16.9 Å². The number of hydrogen-bond acceptors (Lipinski definition) is 3. The number of aromatic amines is 1. The third-order valence-electron chi connectivity index (χ3n) is 2.06. The second-order valence-electron chi connectivity index (χ2n) is 3.31. The zero-order valence-corrected chi connectivity index (χ0v) is 8.49. The minimum Gasteiger partial charge on any atom is -0.461 e. The van der Waals surface area contributed by atoms with Crippen molar-refractivity contribution in [2.75, 3.05) is 0 Å². The average Bonchev–Trinajstić information content (AvgIpc) is 2.70. The summed E-state index contributed by atoms with van der Waals surface area (Å²) >= 11 is 0. The molecule has 15 heavy (non-hydrogen) atoms. The number of aryl methyl sites for hydroxylation is 1. The van der Waals surface area contributed by atoms with Crippen molar-refractivity contribution < 1.29 is 4.42 Å². The van der Waals surface area contributed by atoms with E-state index in [0.717, 1.165) is 18.5 Å². The fraction of sp³-hybridized carbons (Fsp3) is 0.273. The van der Waals surface area contributed by atoms with Gasteiger partial charge in [-0.15, -0.1) is 0 Å². The number of H-pyrrole nitrogens is 1. The van der Waals surface area contributed by atoms with Gasteiger partial charge in [-0.3, -0.25) is 4.79 Å². The summed E-state index contributed by atoms with van der Waals surface area (Å²) in [6.45, 7) is 2.05. The fourth-order valence-corrected chi connectivity index (χ4v) is 1.42. The fourth-order valence-electron chi connectivity index (χ4n) is 1.42. The van der Waals surface area contributed by atoms with Crippen molar-refractivity contribution in [2.24, 2.45) is 0 Å². The third kappa shape index (κ3) is 2.15. The van der Waals surface area contributed by atoms with Crippen molar-refractivity contribution in [1.82, 2.24) is 9.97 Å². The Morgan fingerprint density at radius 1 is 1.53 bits per heavy atom. The summed E-state index contributed by atoms with van der Waals surface area (Å²) in [5.74, 6) is 1.08. The van der Waals surface area contributed by atoms with Crippen LogP contribution in [0.25, 0.3) is 11.6 Å². The van der Waals surface area contributed by atoms with Crippen molar-refractivity contribution in [3.05, 3.63) is 40.5 Å². The number of furan rings is 1. The minimum atomic E-state index is -0.139. The number of nitrogens with zero attached hydrogens (tertiary/aromatic N) is 1. The van der Waals surface area contributed by atoms with Gasteiger partial charge in [-0.1, -0.05) is 13.3 Å². The van der Waals surface area contributed by atoms with Crippen molar-refractivity contribution in [3.8, 4) is 11.6 Å². The molecule has 0 amide bonds. The molecule has 0 aromatic carbocycles. The van der Waals surface area contributed by atoms with Gasteiger partial charge >= 0.3 is 0 Å². The highest BCUT2D eigenvalue weighted by atomic mass is 16.3. The van der Waals surface area contributed by atoms with E-state index in [1.165, 1.54) is 6.07 Å². The number of hydrogen-bond donors (Lipinski definition) is 1. The molecular weight excluding hydrogens is 192 g/mol. The van der Waals surface area contributed by atoms with Gasteiger partial charge in [-0.05, 0) is 18.6 Å². The van der Waals surface area contributed by atoms with Crippen LogP contribution in [0, 0.1) is 0 Å². The second kappa shape index (κ2) is 4.13. The molecule has 0 spiro atoms. The van der Waals surface area contributed by atoms with Gasteiger partial charge in [0.15, 0.2) is 11.6 Å². The normalized spacial score (nSPS) is 10.5. The smallest absolute Gasteiger partial charge is 0.251 e. The van der Waals surface area contributed by atoms with E-state index in [4.69, 9.17) is 4.42 Å². The highest BCUT2D eigenvalue weighted by Crippen LogP contribution is 2.13. The molecule has 0 bridgehead atoms. The molecule has 4 heteroatoms. The monoisotopic (exact) mass is 204 g/mol. The highest BCUT2D eigenvalue weighted by Gasteiger charge is 2.05. The lowest BCUT2D eigenvalue weighted by molar-refractivity contribution is 0.576. The predicted octanol–water partition coefficient (Wildman–Crippen LogP) is 1.98. The summed E-state index contributed by atoms with van der Waals surface area (Å²) < 4.78 is 5.18. The largest absolute Gasteiger partial charge is 0.461 e. The number of aromatic nitrogens is 2. The van der Waals surface area contributed by atoms with E-state index in [1.54, 1.807) is 18.4 Å². The molecular formula is C11H12N2O2. The maximum Gasteiger partial charge on any atom is 0.251 e. The van der Waals surface area contributed by atoms with Crippen LogP contribution in [0.2, 0.25) is 0 Å². The first-order valence-corrected chi connectivity index (χ1v) is 4.93. The Hall–Kier alpha value is -1.84. The van der Waals surface area contributed by atoms with E-state index < -0.39 is 0 Å². The van der Waals surface area contributed by atoms with Crippen LogP contribution in [0.5, 0.6) is 0 Å². The summed E-state index contributed by atoms with van der Waals surface area (Å²) in [6.07, 6.45) is 3.33. The van der Waals surface area contributed by atoms with Gasteiger partial charge in [0.25, 0.3) is 5.56 Å². The number of nitrogens with one attached hydrogen (secondary N) is 1. The van der Waals surface area contributed by atoms with E-state index in [9.17, 15) is 4.79 Å². The van der Waals surface area contributed by atoms with Gasteiger partial charge in [0, 0.05) is 11.8 Å². The van der Waals surface area contributed by atoms with Crippen LogP contribution in [0.3, 0.4) is 0 Å². The SMILES string of the molecule is CCCc1cc(=O)[nH]c(-c2ccco2)n1. The summed E-state index contributed by atoms with van der Waals surface area (Å²) in [7, 11) is 0. The van der Waals surface area contributed by atoms with Crippen LogP contribution in [-0.2, 0) is 6.42 Å². The molecule has 0 atom stereocenters. The Balaban J connectivity index is 2.44. The third-order valence-corrected chi connectivity index (χ3v) is 2.06. The Bertz CT molecular complexity index is 486. The zero-order valence-electron chi connectivity index (χ0n) is 8.49. The highest BCUT2D eigenvalue weighted by molar-refractivity contribution is 5.45. The van der Waals surface area contributed by atoms with Gasteiger partial charge in [0.05, 0.1) is 6.26 Å². The maximum atomic E-state index is 11.3. The van der Waals surface area contributed by atoms with Crippen LogP contribution in [-0.4, -0.2) is 9.97 Å². The lowest BCUT2D eigenvalue weighted by Gasteiger charge is -2.00. The molecule has 2 aromatic heterocycles. The molecule has 78 valence electrons. The van der Waals surface area contributed by atoms with Gasteiger partial charge in [0.1, 0.15) is 0 Å². The molecule has 4 nitrogen and oxygen atoms in total. The quantitative estimate of drug-likeness (QED) is 0.831. The summed E-state index contributed by atoms with van der Waals surface area (Å²) in [4.78, 5) is 18.3. The molecule has 0 aliphatic carbocycles. The van der Waals surface area contributed by atoms with Crippen LogP contribution < -0.4 is 5.56 Å². The van der Waals surface area contributed by atoms with Crippen LogP contribution >= 0.6 is 0 Å². The maximum absolute atomic E-state index is 11.3. The first-order chi connectivity index (χ1) is 7.29. The molecule has 1 N–H and O–H groups in total. The molecule has 2 rings (SSSR count). The molecule has 0 saturated carbocycles. The van der Waals surface area contributed by atoms with Crippen molar-refractivity contribution >= 4 is 0 Å². The van der Waals surface area contributed by atoms with Crippen molar-refractivity contribution in [1.29, 1.82) is 0 Å². The van der Waals surface area contributed by atoms with E-state index in [-0.39, 0.29) is 5.56 Å². The second-order valence-corrected chi connectivity index (χ2v) is 3.31. The molecule has 0 radical (unpaired) electrons.